The minimum atomic E-state index is -1.59. The van der Waals surface area contributed by atoms with Crippen LogP contribution in [0.2, 0.25) is 0 Å². The highest BCUT2D eigenvalue weighted by atomic mass is 19.1. The van der Waals surface area contributed by atoms with Gasteiger partial charge in [0.05, 0.1) is 6.61 Å². The Balaban J connectivity index is 1.48. The summed E-state index contributed by atoms with van der Waals surface area (Å²) in [7, 11) is 0. The van der Waals surface area contributed by atoms with Crippen LogP contribution in [0.15, 0.2) is 17.1 Å². The van der Waals surface area contributed by atoms with Gasteiger partial charge in [-0.05, 0) is 44.6 Å². The molecule has 0 spiro atoms. The number of halogens is 1. The summed E-state index contributed by atoms with van der Waals surface area (Å²) in [5.41, 5.74) is 4.86. The average molecular weight is 413 g/mol. The summed E-state index contributed by atoms with van der Waals surface area (Å²) < 4.78 is 45.3. The second-order valence-electron chi connectivity index (χ2n) is 7.58. The molecule has 4 heterocycles. The second-order valence-corrected chi connectivity index (χ2v) is 7.58. The zero-order valence-corrected chi connectivity index (χ0v) is 16.3. The van der Waals surface area contributed by atoms with Crippen molar-refractivity contribution in [1.82, 2.24) is 9.55 Å². The summed E-state index contributed by atoms with van der Waals surface area (Å²) in [5.74, 6) is 0.0670. The Kier molecular flexibility index (Phi) is 6.76. The maximum atomic E-state index is 15.4. The summed E-state index contributed by atoms with van der Waals surface area (Å²) in [6.45, 7) is 1.32. The van der Waals surface area contributed by atoms with E-state index in [1.807, 2.05) is 0 Å². The topological polar surface area (TPSA) is 107 Å². The molecule has 29 heavy (non-hydrogen) atoms. The molecule has 9 nitrogen and oxygen atoms in total. The van der Waals surface area contributed by atoms with Crippen molar-refractivity contribution in [1.29, 1.82) is 0 Å². The van der Waals surface area contributed by atoms with Crippen molar-refractivity contribution >= 4 is 5.82 Å². The first-order chi connectivity index (χ1) is 14.1. The van der Waals surface area contributed by atoms with Crippen molar-refractivity contribution in [2.45, 2.75) is 75.7 Å². The summed E-state index contributed by atoms with van der Waals surface area (Å²) in [6.07, 6.45) is 1.55. The second kappa shape index (κ2) is 9.48. The van der Waals surface area contributed by atoms with Crippen LogP contribution in [-0.4, -0.2) is 60.3 Å². The smallest absolute Gasteiger partial charge is 0.351 e. The van der Waals surface area contributed by atoms with Gasteiger partial charge >= 0.3 is 5.69 Å². The number of hydrogen-bond donors (Lipinski definition) is 1. The van der Waals surface area contributed by atoms with Gasteiger partial charge in [0.15, 0.2) is 25.0 Å². The number of hydrogen-bond acceptors (Lipinski definition) is 8. The normalized spacial score (nSPS) is 35.6. The molecule has 3 aliphatic heterocycles. The monoisotopic (exact) mass is 413 g/mol. The van der Waals surface area contributed by atoms with E-state index in [-0.39, 0.29) is 18.7 Å². The Hall–Kier alpha value is -1.59. The van der Waals surface area contributed by atoms with Crippen LogP contribution in [0.5, 0.6) is 0 Å². The molecule has 3 saturated heterocycles. The molecule has 0 aliphatic carbocycles. The van der Waals surface area contributed by atoms with E-state index in [9.17, 15) is 4.79 Å². The minimum absolute atomic E-state index is 0.0670. The van der Waals surface area contributed by atoms with E-state index in [2.05, 4.69) is 4.98 Å². The lowest BCUT2D eigenvalue weighted by Crippen LogP contribution is -2.40. The minimum Gasteiger partial charge on any atom is -0.383 e. The SMILES string of the molecule is Nc1ccn([C@@H]2O[C@H](COC3CCCCO3)[C@@H](OC3CCCCO3)[C@H]2F)c(=O)n1. The van der Waals surface area contributed by atoms with Gasteiger partial charge in [-0.2, -0.15) is 4.98 Å². The first-order valence-electron chi connectivity index (χ1n) is 10.3. The van der Waals surface area contributed by atoms with E-state index in [4.69, 9.17) is 29.4 Å². The van der Waals surface area contributed by atoms with Gasteiger partial charge in [-0.3, -0.25) is 4.57 Å². The van der Waals surface area contributed by atoms with Crippen molar-refractivity contribution in [3.05, 3.63) is 22.7 Å². The molecular formula is C19H28FN3O6. The fourth-order valence-electron chi connectivity index (χ4n) is 3.87. The van der Waals surface area contributed by atoms with Gasteiger partial charge in [-0.1, -0.05) is 0 Å². The molecular weight excluding hydrogens is 385 g/mol. The summed E-state index contributed by atoms with van der Waals surface area (Å²) in [4.78, 5) is 15.8. The Morgan fingerprint density at radius 1 is 1.17 bits per heavy atom. The first-order valence-corrected chi connectivity index (χ1v) is 10.3. The largest absolute Gasteiger partial charge is 0.383 e. The Bertz CT molecular complexity index is 722. The highest BCUT2D eigenvalue weighted by Gasteiger charge is 2.49. The van der Waals surface area contributed by atoms with Crippen LogP contribution in [0.3, 0.4) is 0 Å². The third-order valence-corrected chi connectivity index (χ3v) is 5.42. The third-order valence-electron chi connectivity index (χ3n) is 5.42. The zero-order chi connectivity index (χ0) is 20.2. The fraction of sp³-hybridized carbons (Fsp3) is 0.789. The molecule has 0 radical (unpaired) electrons. The Labute approximate surface area is 168 Å². The predicted molar refractivity (Wildman–Crippen MR) is 99.7 cm³/mol. The highest BCUT2D eigenvalue weighted by molar-refractivity contribution is 5.23. The van der Waals surface area contributed by atoms with Gasteiger partial charge in [0.25, 0.3) is 0 Å². The van der Waals surface area contributed by atoms with Gasteiger partial charge in [0, 0.05) is 19.4 Å². The van der Waals surface area contributed by atoms with Crippen LogP contribution >= 0.6 is 0 Å². The van der Waals surface area contributed by atoms with Gasteiger partial charge in [-0.15, -0.1) is 0 Å². The summed E-state index contributed by atoms with van der Waals surface area (Å²) in [6, 6.07) is 1.43. The van der Waals surface area contributed by atoms with E-state index >= 15 is 4.39 Å². The van der Waals surface area contributed by atoms with E-state index < -0.39 is 36.6 Å². The highest BCUT2D eigenvalue weighted by Crippen LogP contribution is 2.35. The number of alkyl halides is 1. The molecule has 1 aromatic rings. The number of nitrogens with zero attached hydrogens (tertiary/aromatic N) is 2. The lowest BCUT2D eigenvalue weighted by atomic mass is 10.1. The Morgan fingerprint density at radius 2 is 1.90 bits per heavy atom. The molecule has 10 heteroatoms. The van der Waals surface area contributed by atoms with Crippen LogP contribution in [0.1, 0.15) is 44.8 Å². The van der Waals surface area contributed by atoms with Gasteiger partial charge in [-0.25, -0.2) is 9.18 Å². The van der Waals surface area contributed by atoms with Gasteiger partial charge in [0.2, 0.25) is 0 Å². The maximum absolute atomic E-state index is 15.4. The molecule has 0 bridgehead atoms. The van der Waals surface area contributed by atoms with Crippen LogP contribution in [-0.2, 0) is 23.7 Å². The number of rotatable bonds is 6. The molecule has 0 saturated carbocycles. The molecule has 1 aromatic heterocycles. The van der Waals surface area contributed by atoms with Gasteiger partial charge in [0.1, 0.15) is 18.0 Å². The summed E-state index contributed by atoms with van der Waals surface area (Å²) >= 11 is 0. The lowest BCUT2D eigenvalue weighted by Gasteiger charge is -2.29. The van der Waals surface area contributed by atoms with E-state index in [1.54, 1.807) is 0 Å². The van der Waals surface area contributed by atoms with Crippen molar-refractivity contribution < 1.29 is 28.1 Å². The van der Waals surface area contributed by atoms with Gasteiger partial charge < -0.3 is 29.4 Å². The molecule has 2 unspecified atom stereocenters. The molecule has 0 amide bonds. The van der Waals surface area contributed by atoms with Crippen molar-refractivity contribution in [3.63, 3.8) is 0 Å². The number of nitrogens with two attached hydrogens (primary N) is 1. The molecule has 4 rings (SSSR count). The van der Waals surface area contributed by atoms with Crippen molar-refractivity contribution in [2.75, 3.05) is 25.6 Å². The predicted octanol–water partition coefficient (Wildman–Crippen LogP) is 1.52. The molecule has 2 N–H and O–H groups in total. The average Bonchev–Trinajstić information content (AvgIpc) is 3.03. The van der Waals surface area contributed by atoms with E-state index in [0.29, 0.717) is 19.6 Å². The standard InChI is InChI=1S/C19H28FN3O6/c20-16-17(29-15-6-2-4-10-26-15)12(11-27-14-5-1-3-9-25-14)28-18(16)23-8-7-13(21)22-19(23)24/h7-8,12,14-18H,1-6,9-11H2,(H2,21,22,24)/t12-,14?,15?,16-,17-,18-/m1/s1. The van der Waals surface area contributed by atoms with Crippen molar-refractivity contribution in [3.8, 4) is 0 Å². The molecule has 3 aliphatic rings. The van der Waals surface area contributed by atoms with Crippen LogP contribution in [0.4, 0.5) is 10.2 Å². The maximum Gasteiger partial charge on any atom is 0.351 e. The van der Waals surface area contributed by atoms with Crippen molar-refractivity contribution in [2.24, 2.45) is 0 Å². The number of ether oxygens (including phenoxy) is 5. The third kappa shape index (κ3) is 4.95. The van der Waals surface area contributed by atoms with Crippen LogP contribution in [0.25, 0.3) is 0 Å². The molecule has 6 atom stereocenters. The molecule has 0 aromatic carbocycles. The zero-order valence-electron chi connectivity index (χ0n) is 16.3. The van der Waals surface area contributed by atoms with Crippen LogP contribution < -0.4 is 11.4 Å². The Morgan fingerprint density at radius 3 is 2.55 bits per heavy atom. The lowest BCUT2D eigenvalue weighted by molar-refractivity contribution is -0.220. The first kappa shape index (κ1) is 20.7. The quantitative estimate of drug-likeness (QED) is 0.748. The van der Waals surface area contributed by atoms with E-state index in [1.165, 1.54) is 12.3 Å². The molecule has 162 valence electrons. The number of nitrogen functional groups attached to an aromatic ring is 1. The number of aromatic nitrogens is 2. The van der Waals surface area contributed by atoms with E-state index in [0.717, 1.165) is 36.7 Å². The fourth-order valence-corrected chi connectivity index (χ4v) is 3.87. The van der Waals surface area contributed by atoms with Crippen LogP contribution in [0, 0.1) is 0 Å². The number of anilines is 1. The molecule has 3 fully saturated rings. The summed E-state index contributed by atoms with van der Waals surface area (Å²) in [5, 5.41) is 0.